The topological polar surface area (TPSA) is 57.5 Å². The third-order valence-corrected chi connectivity index (χ3v) is 2.82. The van der Waals surface area contributed by atoms with E-state index in [0.717, 1.165) is 6.07 Å². The first-order valence-electron chi connectivity index (χ1n) is 4.32. The molecule has 1 atom stereocenters. The summed E-state index contributed by atoms with van der Waals surface area (Å²) in [7, 11) is 0. The van der Waals surface area contributed by atoms with Crippen LogP contribution in [-0.2, 0) is 4.79 Å². The van der Waals surface area contributed by atoms with Crippen LogP contribution < -0.4 is 0 Å². The minimum Gasteiger partial charge on any atom is -0.504 e. The molecule has 1 rings (SSSR count). The highest BCUT2D eigenvalue weighted by Gasteiger charge is 2.20. The number of hydrogen-bond acceptors (Lipinski definition) is 3. The number of phenols is 2. The molecule has 0 amide bonds. The van der Waals surface area contributed by atoms with Crippen LogP contribution >= 0.6 is 15.9 Å². The Bertz CT molecular complexity index is 393. The third-order valence-electron chi connectivity index (χ3n) is 2.16. The highest BCUT2D eigenvalue weighted by molar-refractivity contribution is 9.10. The molecule has 0 spiro atoms. The average Bonchev–Trinajstić information content (AvgIpc) is 2.15. The Morgan fingerprint density at radius 3 is 2.67 bits per heavy atom. The van der Waals surface area contributed by atoms with Crippen molar-refractivity contribution >= 4 is 22.2 Å². The molecule has 0 aliphatic carbocycles. The van der Waals surface area contributed by atoms with E-state index in [-0.39, 0.29) is 12.3 Å². The number of carbonyl (C=O) groups excluding carboxylic acids is 1. The van der Waals surface area contributed by atoms with Crippen molar-refractivity contribution in [3.05, 3.63) is 21.9 Å². The standard InChI is InChI=1S/C10H10BrFO3/c1-5(2-3-13)8-6(11)4-7(12)9(14)10(8)15/h3-5,14-15H,2H2,1H3. The van der Waals surface area contributed by atoms with E-state index in [0.29, 0.717) is 16.3 Å². The summed E-state index contributed by atoms with van der Waals surface area (Å²) < 4.78 is 13.3. The highest BCUT2D eigenvalue weighted by atomic mass is 79.9. The molecule has 0 saturated carbocycles. The monoisotopic (exact) mass is 276 g/mol. The number of phenolic OH excluding ortho intramolecular Hbond substituents is 2. The first-order valence-corrected chi connectivity index (χ1v) is 5.11. The van der Waals surface area contributed by atoms with E-state index in [9.17, 15) is 19.4 Å². The predicted octanol–water partition coefficient (Wildman–Crippen LogP) is 2.69. The van der Waals surface area contributed by atoms with Gasteiger partial charge in [0, 0.05) is 16.5 Å². The van der Waals surface area contributed by atoms with Crippen LogP contribution in [0.2, 0.25) is 0 Å². The van der Waals surface area contributed by atoms with E-state index in [2.05, 4.69) is 15.9 Å². The third kappa shape index (κ3) is 2.28. The lowest BCUT2D eigenvalue weighted by atomic mass is 9.97. The van der Waals surface area contributed by atoms with Gasteiger partial charge >= 0.3 is 0 Å². The minimum absolute atomic E-state index is 0.192. The maximum Gasteiger partial charge on any atom is 0.194 e. The maximum absolute atomic E-state index is 13.0. The highest BCUT2D eigenvalue weighted by Crippen LogP contribution is 2.41. The Morgan fingerprint density at radius 1 is 1.53 bits per heavy atom. The van der Waals surface area contributed by atoms with Gasteiger partial charge < -0.3 is 15.0 Å². The van der Waals surface area contributed by atoms with E-state index >= 15 is 0 Å². The van der Waals surface area contributed by atoms with E-state index in [4.69, 9.17) is 0 Å². The van der Waals surface area contributed by atoms with Gasteiger partial charge in [0.2, 0.25) is 0 Å². The van der Waals surface area contributed by atoms with Gasteiger partial charge in [0.25, 0.3) is 0 Å². The second-order valence-corrected chi connectivity index (χ2v) is 4.11. The number of hydrogen-bond donors (Lipinski definition) is 2. The molecule has 0 aromatic heterocycles. The summed E-state index contributed by atoms with van der Waals surface area (Å²) in [4.78, 5) is 10.3. The van der Waals surface area contributed by atoms with Gasteiger partial charge in [-0.1, -0.05) is 22.9 Å². The molecule has 0 saturated heterocycles. The lowest BCUT2D eigenvalue weighted by Gasteiger charge is -2.14. The van der Waals surface area contributed by atoms with Crippen LogP contribution in [0.4, 0.5) is 4.39 Å². The first-order chi connectivity index (χ1) is 6.99. The molecule has 3 nitrogen and oxygen atoms in total. The predicted molar refractivity (Wildman–Crippen MR) is 56.5 cm³/mol. The van der Waals surface area contributed by atoms with Gasteiger partial charge in [0.15, 0.2) is 17.3 Å². The summed E-state index contributed by atoms with van der Waals surface area (Å²) in [5.74, 6) is -2.49. The first kappa shape index (κ1) is 12.0. The minimum atomic E-state index is -0.901. The number of benzene rings is 1. The van der Waals surface area contributed by atoms with Gasteiger partial charge in [-0.15, -0.1) is 0 Å². The van der Waals surface area contributed by atoms with Gasteiger partial charge in [-0.05, 0) is 12.0 Å². The maximum atomic E-state index is 13.0. The smallest absolute Gasteiger partial charge is 0.194 e. The molecule has 0 aliphatic rings. The second-order valence-electron chi connectivity index (χ2n) is 3.25. The lowest BCUT2D eigenvalue weighted by Crippen LogP contribution is -1.97. The average molecular weight is 277 g/mol. The van der Waals surface area contributed by atoms with Gasteiger partial charge in [-0.2, -0.15) is 0 Å². The molecular formula is C10H10BrFO3. The molecule has 1 aromatic rings. The van der Waals surface area contributed by atoms with Crippen LogP contribution in [0.3, 0.4) is 0 Å². The quantitative estimate of drug-likeness (QED) is 0.659. The van der Waals surface area contributed by atoms with Crippen LogP contribution in [0.25, 0.3) is 0 Å². The van der Waals surface area contributed by atoms with Crippen LogP contribution in [0, 0.1) is 5.82 Å². The van der Waals surface area contributed by atoms with Gasteiger partial charge in [0.1, 0.15) is 6.29 Å². The van der Waals surface area contributed by atoms with Crippen LogP contribution in [-0.4, -0.2) is 16.5 Å². The van der Waals surface area contributed by atoms with Crippen molar-refractivity contribution in [1.82, 2.24) is 0 Å². The molecule has 5 heteroatoms. The summed E-state index contributed by atoms with van der Waals surface area (Å²) in [5.41, 5.74) is 0.334. The van der Waals surface area contributed by atoms with Crippen LogP contribution in [0.15, 0.2) is 10.5 Å². The molecule has 0 fully saturated rings. The van der Waals surface area contributed by atoms with E-state index in [1.807, 2.05) is 0 Å². The Hall–Kier alpha value is -1.10. The zero-order valence-corrected chi connectivity index (χ0v) is 9.58. The molecule has 15 heavy (non-hydrogen) atoms. The number of aldehydes is 1. The molecule has 1 unspecified atom stereocenters. The molecular weight excluding hydrogens is 267 g/mol. The van der Waals surface area contributed by atoms with Crippen molar-refractivity contribution in [2.75, 3.05) is 0 Å². The van der Waals surface area contributed by atoms with Crippen molar-refractivity contribution in [2.45, 2.75) is 19.3 Å². The van der Waals surface area contributed by atoms with E-state index in [1.54, 1.807) is 6.92 Å². The number of rotatable bonds is 3. The summed E-state index contributed by atoms with van der Waals surface area (Å²) in [6.07, 6.45) is 0.897. The summed E-state index contributed by atoms with van der Waals surface area (Å²) in [6.45, 7) is 1.70. The van der Waals surface area contributed by atoms with Crippen molar-refractivity contribution in [3.8, 4) is 11.5 Å². The summed E-state index contributed by atoms with van der Waals surface area (Å²) in [6, 6.07) is 1.06. The summed E-state index contributed by atoms with van der Waals surface area (Å²) in [5, 5.41) is 18.7. The van der Waals surface area contributed by atoms with Gasteiger partial charge in [0.05, 0.1) is 0 Å². The van der Waals surface area contributed by atoms with E-state index in [1.165, 1.54) is 0 Å². The second kappa shape index (κ2) is 4.61. The Balaban J connectivity index is 3.28. The molecule has 0 bridgehead atoms. The normalized spacial score (nSPS) is 12.5. The number of halogens is 2. The van der Waals surface area contributed by atoms with Crippen molar-refractivity contribution in [3.63, 3.8) is 0 Å². The molecule has 2 N–H and O–H groups in total. The zero-order chi connectivity index (χ0) is 11.6. The fourth-order valence-electron chi connectivity index (χ4n) is 1.34. The fraction of sp³-hybridized carbons (Fsp3) is 0.300. The fourth-order valence-corrected chi connectivity index (χ4v) is 2.12. The Labute approximate surface area is 94.7 Å². The molecule has 0 heterocycles. The lowest BCUT2D eigenvalue weighted by molar-refractivity contribution is -0.108. The van der Waals surface area contributed by atoms with Crippen LogP contribution in [0.1, 0.15) is 24.8 Å². The van der Waals surface area contributed by atoms with E-state index < -0.39 is 17.3 Å². The molecule has 82 valence electrons. The zero-order valence-electron chi connectivity index (χ0n) is 8.00. The van der Waals surface area contributed by atoms with Gasteiger partial charge in [-0.3, -0.25) is 0 Å². The van der Waals surface area contributed by atoms with Crippen molar-refractivity contribution in [2.24, 2.45) is 0 Å². The van der Waals surface area contributed by atoms with Crippen molar-refractivity contribution in [1.29, 1.82) is 0 Å². The van der Waals surface area contributed by atoms with Crippen LogP contribution in [0.5, 0.6) is 11.5 Å². The molecule has 0 radical (unpaired) electrons. The Morgan fingerprint density at radius 2 is 2.13 bits per heavy atom. The SMILES string of the molecule is CC(CC=O)c1c(Br)cc(F)c(O)c1O. The largest absolute Gasteiger partial charge is 0.504 e. The number of aromatic hydroxyl groups is 2. The molecule has 0 aliphatic heterocycles. The summed E-state index contributed by atoms with van der Waals surface area (Å²) >= 11 is 3.08. The molecule has 1 aromatic carbocycles. The number of carbonyl (C=O) groups is 1. The van der Waals surface area contributed by atoms with Crippen molar-refractivity contribution < 1.29 is 19.4 Å². The Kier molecular flexibility index (Phi) is 3.68. The van der Waals surface area contributed by atoms with Gasteiger partial charge in [-0.25, -0.2) is 4.39 Å².